The zero-order chi connectivity index (χ0) is 9.84. The molecule has 70 valence electrons. The average Bonchev–Trinajstić information content (AvgIpc) is 2.10. The minimum Gasteiger partial charge on any atom is -0.504 e. The minimum atomic E-state index is -0.424. The van der Waals surface area contributed by atoms with Gasteiger partial charge in [-0.3, -0.25) is 10.2 Å². The summed E-state index contributed by atoms with van der Waals surface area (Å²) >= 11 is 2.79. The van der Waals surface area contributed by atoms with Gasteiger partial charge in [0.2, 0.25) is 0 Å². The Labute approximate surface area is 82.7 Å². The molecule has 1 rings (SSSR count). The van der Waals surface area contributed by atoms with Gasteiger partial charge in [0.15, 0.2) is 11.5 Å². The van der Waals surface area contributed by atoms with Gasteiger partial charge < -0.3 is 10.2 Å². The molecular weight excluding hydrogens is 240 g/mol. The average molecular weight is 247 g/mol. The van der Waals surface area contributed by atoms with Crippen molar-refractivity contribution in [2.75, 3.05) is 0 Å². The molecule has 0 aliphatic rings. The van der Waals surface area contributed by atoms with Gasteiger partial charge in [-0.15, -0.1) is 0 Å². The number of phenolic OH excluding ortho intramolecular Hbond substituents is 2. The van der Waals surface area contributed by atoms with E-state index in [1.165, 1.54) is 12.1 Å². The molecule has 1 amide bonds. The van der Waals surface area contributed by atoms with Gasteiger partial charge in [0, 0.05) is 21.7 Å². The maximum Gasteiger partial charge on any atom is 0.266 e. The van der Waals surface area contributed by atoms with Crippen LogP contribution in [-0.2, 0) is 0 Å². The predicted octanol–water partition coefficient (Wildman–Crippen LogP) is 0.642. The van der Waals surface area contributed by atoms with Crippen molar-refractivity contribution < 1.29 is 15.0 Å². The number of carbonyl (C=O) groups is 1. The Kier molecular flexibility index (Phi) is 3.10. The molecule has 6 heteroatoms. The number of benzene rings is 1. The van der Waals surface area contributed by atoms with Crippen LogP contribution in [0.25, 0.3) is 0 Å². The smallest absolute Gasteiger partial charge is 0.266 e. The fourth-order valence-corrected chi connectivity index (χ4v) is 0.960. The van der Waals surface area contributed by atoms with Crippen LogP contribution in [0.2, 0.25) is 0 Å². The predicted molar refractivity (Wildman–Crippen MR) is 49.3 cm³/mol. The summed E-state index contributed by atoms with van der Waals surface area (Å²) in [7, 11) is 0. The molecular formula is C7H7BrN2O3. The molecule has 13 heavy (non-hydrogen) atoms. The Bertz CT molecular complexity index is 330. The summed E-state index contributed by atoms with van der Waals surface area (Å²) in [5, 5.41) is 18.0. The van der Waals surface area contributed by atoms with E-state index in [2.05, 4.69) is 26.0 Å². The molecule has 4 N–H and O–H groups in total. The maximum atomic E-state index is 11.1. The van der Waals surface area contributed by atoms with E-state index in [0.29, 0.717) is 0 Å². The zero-order valence-corrected chi connectivity index (χ0v) is 8.00. The second-order valence-electron chi connectivity index (χ2n) is 2.25. The fraction of sp³-hybridized carbons (Fsp3) is 0. The number of carbonyl (C=O) groups excluding carboxylic acids is 1. The van der Waals surface area contributed by atoms with Crippen molar-refractivity contribution in [3.05, 3.63) is 23.8 Å². The lowest BCUT2D eigenvalue weighted by molar-refractivity contribution is 0.0947. The molecule has 1 aromatic rings. The van der Waals surface area contributed by atoms with E-state index in [1.54, 1.807) is 0 Å². The van der Waals surface area contributed by atoms with Gasteiger partial charge in [0.25, 0.3) is 5.91 Å². The Morgan fingerprint density at radius 2 is 2.00 bits per heavy atom. The molecule has 5 nitrogen and oxygen atoms in total. The Morgan fingerprint density at radius 1 is 1.31 bits per heavy atom. The first-order valence-electron chi connectivity index (χ1n) is 3.33. The lowest BCUT2D eigenvalue weighted by Crippen LogP contribution is -2.30. The molecule has 0 fully saturated rings. The van der Waals surface area contributed by atoms with Gasteiger partial charge in [0.1, 0.15) is 0 Å². The molecule has 0 unspecified atom stereocenters. The molecule has 0 aliphatic heterocycles. The zero-order valence-electron chi connectivity index (χ0n) is 6.41. The normalized spacial score (nSPS) is 9.62. The number of hydrazine groups is 1. The van der Waals surface area contributed by atoms with E-state index in [-0.39, 0.29) is 17.1 Å². The number of hydrogen-bond acceptors (Lipinski definition) is 4. The number of nitrogens with one attached hydrogen (secondary N) is 2. The van der Waals surface area contributed by atoms with Crippen molar-refractivity contribution in [1.29, 1.82) is 0 Å². The van der Waals surface area contributed by atoms with Crippen molar-refractivity contribution in [2.24, 2.45) is 0 Å². The Hall–Kier alpha value is -1.27. The van der Waals surface area contributed by atoms with Crippen LogP contribution in [0.1, 0.15) is 10.4 Å². The third-order valence-electron chi connectivity index (χ3n) is 1.40. The van der Waals surface area contributed by atoms with E-state index in [9.17, 15) is 4.79 Å². The van der Waals surface area contributed by atoms with Crippen LogP contribution in [0.4, 0.5) is 0 Å². The molecule has 1 aromatic carbocycles. The molecule has 0 heterocycles. The van der Waals surface area contributed by atoms with Crippen LogP contribution in [0.5, 0.6) is 11.5 Å². The summed E-state index contributed by atoms with van der Waals surface area (Å²) in [6, 6.07) is 3.78. The number of hydrogen-bond donors (Lipinski definition) is 4. The Balaban J connectivity index is 2.90. The number of aromatic hydroxyl groups is 2. The summed E-state index contributed by atoms with van der Waals surface area (Å²) in [5.74, 6) is -1.02. The quantitative estimate of drug-likeness (QED) is 0.351. The first kappa shape index (κ1) is 9.82. The molecule has 0 radical (unpaired) electrons. The topological polar surface area (TPSA) is 81.6 Å². The van der Waals surface area contributed by atoms with Gasteiger partial charge in [0.05, 0.1) is 0 Å². The molecule has 0 spiro atoms. The Morgan fingerprint density at radius 3 is 2.54 bits per heavy atom. The van der Waals surface area contributed by atoms with Crippen molar-refractivity contribution in [1.82, 2.24) is 9.88 Å². The summed E-state index contributed by atoms with van der Waals surface area (Å²) in [5.41, 5.74) is 2.48. The lowest BCUT2D eigenvalue weighted by Gasteiger charge is -2.02. The van der Waals surface area contributed by atoms with Crippen LogP contribution >= 0.6 is 16.1 Å². The maximum absolute atomic E-state index is 11.1. The van der Waals surface area contributed by atoms with Crippen LogP contribution in [-0.4, -0.2) is 16.1 Å². The summed E-state index contributed by atoms with van der Waals surface area (Å²) in [4.78, 5) is 11.1. The van der Waals surface area contributed by atoms with E-state index >= 15 is 0 Å². The van der Waals surface area contributed by atoms with Crippen molar-refractivity contribution >= 4 is 22.1 Å². The fourth-order valence-electron chi connectivity index (χ4n) is 0.780. The third kappa shape index (κ3) is 2.33. The first-order chi connectivity index (χ1) is 6.15. The van der Waals surface area contributed by atoms with Gasteiger partial charge in [-0.2, -0.15) is 4.45 Å². The highest BCUT2D eigenvalue weighted by Crippen LogP contribution is 2.24. The van der Waals surface area contributed by atoms with E-state index < -0.39 is 5.91 Å². The standard InChI is InChI=1S/C7H7BrN2O3/c8-10-9-7(13)4-1-2-5(11)6(12)3-4/h1-3,10-12H,(H,9,13). The molecule has 0 saturated carbocycles. The van der Waals surface area contributed by atoms with Gasteiger partial charge in [-0.05, 0) is 18.2 Å². The first-order valence-corrected chi connectivity index (χ1v) is 4.12. The molecule has 0 aromatic heterocycles. The van der Waals surface area contributed by atoms with Crippen LogP contribution < -0.4 is 9.88 Å². The highest BCUT2D eigenvalue weighted by Gasteiger charge is 2.07. The summed E-state index contributed by atoms with van der Waals surface area (Å²) < 4.78 is 2.27. The van der Waals surface area contributed by atoms with Crippen molar-refractivity contribution in [3.63, 3.8) is 0 Å². The summed E-state index contributed by atoms with van der Waals surface area (Å²) in [6.45, 7) is 0. The van der Waals surface area contributed by atoms with Crippen LogP contribution in [0.15, 0.2) is 18.2 Å². The van der Waals surface area contributed by atoms with E-state index in [0.717, 1.165) is 6.07 Å². The van der Waals surface area contributed by atoms with Crippen LogP contribution in [0, 0.1) is 0 Å². The summed E-state index contributed by atoms with van der Waals surface area (Å²) in [6.07, 6.45) is 0. The SMILES string of the molecule is O=C(NNBr)c1ccc(O)c(O)c1. The van der Waals surface area contributed by atoms with E-state index in [4.69, 9.17) is 10.2 Å². The highest BCUT2D eigenvalue weighted by atomic mass is 79.9. The second-order valence-corrected chi connectivity index (χ2v) is 2.65. The largest absolute Gasteiger partial charge is 0.504 e. The van der Waals surface area contributed by atoms with Crippen LogP contribution in [0.3, 0.4) is 0 Å². The number of rotatable bonds is 2. The monoisotopic (exact) mass is 246 g/mol. The number of halogens is 1. The van der Waals surface area contributed by atoms with Gasteiger partial charge in [-0.25, -0.2) is 0 Å². The van der Waals surface area contributed by atoms with Crippen molar-refractivity contribution in [3.8, 4) is 11.5 Å². The van der Waals surface area contributed by atoms with E-state index in [1.807, 2.05) is 0 Å². The van der Waals surface area contributed by atoms with Gasteiger partial charge in [-0.1, -0.05) is 0 Å². The second kappa shape index (κ2) is 4.11. The number of phenols is 2. The molecule has 0 bridgehead atoms. The van der Waals surface area contributed by atoms with Crippen molar-refractivity contribution in [2.45, 2.75) is 0 Å². The number of amides is 1. The molecule has 0 aliphatic carbocycles. The lowest BCUT2D eigenvalue weighted by atomic mass is 10.2. The molecule has 0 saturated heterocycles. The molecule has 0 atom stereocenters. The minimum absolute atomic E-state index is 0.238. The third-order valence-corrected chi connectivity index (χ3v) is 1.60. The van der Waals surface area contributed by atoms with Gasteiger partial charge >= 0.3 is 0 Å². The highest BCUT2D eigenvalue weighted by molar-refractivity contribution is 9.08.